The third kappa shape index (κ3) is 0.641. The van der Waals surface area contributed by atoms with E-state index in [4.69, 9.17) is 0 Å². The van der Waals surface area contributed by atoms with Gasteiger partial charge in [-0.25, -0.2) is 0 Å². The van der Waals surface area contributed by atoms with Crippen LogP contribution in [0.5, 0.6) is 0 Å². The quantitative estimate of drug-likeness (QED) is 0.541. The minimum atomic E-state index is 0.535. The molecule has 0 spiro atoms. The van der Waals surface area contributed by atoms with E-state index in [1.807, 2.05) is 0 Å². The zero-order valence-electron chi connectivity index (χ0n) is 6.67. The average Bonchev–Trinajstić information content (AvgIpc) is 2.75. The summed E-state index contributed by atoms with van der Waals surface area (Å²) in [6.45, 7) is 4.74. The lowest BCUT2D eigenvalue weighted by molar-refractivity contribution is 0.808. The van der Waals surface area contributed by atoms with Crippen LogP contribution >= 0.6 is 0 Å². The van der Waals surface area contributed by atoms with Gasteiger partial charge >= 0.3 is 0 Å². The minimum absolute atomic E-state index is 0.535. The van der Waals surface area contributed by atoms with Crippen molar-refractivity contribution in [2.75, 3.05) is 13.1 Å². The van der Waals surface area contributed by atoms with Crippen LogP contribution in [0.3, 0.4) is 0 Å². The van der Waals surface area contributed by atoms with E-state index in [9.17, 15) is 0 Å². The molecular formula is C10H11N. The maximum atomic E-state index is 2.48. The highest BCUT2D eigenvalue weighted by Crippen LogP contribution is 2.57. The molecule has 1 aromatic carbocycles. The summed E-state index contributed by atoms with van der Waals surface area (Å²) >= 11 is 0. The number of aryl methyl sites for hydroxylation is 1. The Morgan fingerprint density at radius 3 is 2.18 bits per heavy atom. The summed E-state index contributed by atoms with van der Waals surface area (Å²) in [5.41, 5.74) is 3.41. The zero-order chi connectivity index (χ0) is 7.47. The predicted octanol–water partition coefficient (Wildman–Crippen LogP) is 1.52. The van der Waals surface area contributed by atoms with Crippen LogP contribution in [0.2, 0.25) is 0 Å². The third-order valence-corrected chi connectivity index (χ3v) is 2.89. The Morgan fingerprint density at radius 2 is 1.73 bits per heavy atom. The van der Waals surface area contributed by atoms with E-state index in [0.29, 0.717) is 5.54 Å². The minimum Gasteiger partial charge on any atom is -0.287 e. The lowest BCUT2D eigenvalue weighted by atomic mass is 10.0. The van der Waals surface area contributed by atoms with Crippen LogP contribution in [0.1, 0.15) is 11.1 Å². The van der Waals surface area contributed by atoms with Gasteiger partial charge in [0, 0.05) is 13.1 Å². The maximum absolute atomic E-state index is 2.48. The topological polar surface area (TPSA) is 3.01 Å². The van der Waals surface area contributed by atoms with Crippen LogP contribution in [0, 0.1) is 6.92 Å². The van der Waals surface area contributed by atoms with Crippen molar-refractivity contribution in [1.82, 2.24) is 4.90 Å². The second kappa shape index (κ2) is 1.51. The van der Waals surface area contributed by atoms with Gasteiger partial charge in [0.05, 0.1) is 5.54 Å². The van der Waals surface area contributed by atoms with Crippen molar-refractivity contribution in [1.29, 1.82) is 0 Å². The van der Waals surface area contributed by atoms with Crippen molar-refractivity contribution in [3.8, 4) is 0 Å². The van der Waals surface area contributed by atoms with E-state index in [-0.39, 0.29) is 0 Å². The fraction of sp³-hybridized carbons (Fsp3) is 0.400. The molecule has 2 heterocycles. The van der Waals surface area contributed by atoms with Crippen molar-refractivity contribution < 1.29 is 0 Å². The molecule has 0 bridgehead atoms. The number of nitrogens with zero attached hydrogens (tertiary/aromatic N) is 1. The van der Waals surface area contributed by atoms with Gasteiger partial charge in [0.1, 0.15) is 0 Å². The Hall–Kier alpha value is -0.820. The van der Waals surface area contributed by atoms with Gasteiger partial charge in [-0.15, -0.1) is 0 Å². The molecular weight excluding hydrogens is 134 g/mol. The Kier molecular flexibility index (Phi) is 0.793. The standard InChI is InChI=1S/C10H11N/c1-8-2-4-9(5-3-8)10-6-11(10)7-10/h2-5H,6-7H2,1H3. The van der Waals surface area contributed by atoms with Gasteiger partial charge in [-0.2, -0.15) is 0 Å². The summed E-state index contributed by atoms with van der Waals surface area (Å²) in [5.74, 6) is 0. The lowest BCUT2D eigenvalue weighted by Gasteiger charge is -2.00. The Labute approximate surface area is 66.6 Å². The van der Waals surface area contributed by atoms with Crippen molar-refractivity contribution in [3.63, 3.8) is 0 Å². The summed E-state index contributed by atoms with van der Waals surface area (Å²) in [6.07, 6.45) is 0. The van der Waals surface area contributed by atoms with E-state index in [0.717, 1.165) is 0 Å². The first-order valence-corrected chi connectivity index (χ1v) is 4.13. The van der Waals surface area contributed by atoms with Gasteiger partial charge in [0.15, 0.2) is 0 Å². The van der Waals surface area contributed by atoms with Gasteiger partial charge in [-0.3, -0.25) is 4.90 Å². The Bertz CT molecular complexity index is 293. The molecule has 1 aromatic rings. The molecule has 0 radical (unpaired) electrons. The Morgan fingerprint density at radius 1 is 1.18 bits per heavy atom. The molecule has 2 aliphatic heterocycles. The van der Waals surface area contributed by atoms with Crippen LogP contribution in [-0.4, -0.2) is 18.0 Å². The number of benzene rings is 1. The smallest absolute Gasteiger partial charge is 0.0719 e. The molecule has 0 unspecified atom stereocenters. The van der Waals surface area contributed by atoms with E-state index >= 15 is 0 Å². The second-order valence-corrected chi connectivity index (χ2v) is 3.75. The van der Waals surface area contributed by atoms with E-state index < -0.39 is 0 Å². The maximum Gasteiger partial charge on any atom is 0.0719 e. The third-order valence-electron chi connectivity index (χ3n) is 2.89. The fourth-order valence-corrected chi connectivity index (χ4v) is 1.74. The van der Waals surface area contributed by atoms with Gasteiger partial charge < -0.3 is 0 Å². The first kappa shape index (κ1) is 5.78. The monoisotopic (exact) mass is 145 g/mol. The van der Waals surface area contributed by atoms with E-state index in [2.05, 4.69) is 36.1 Å². The SMILES string of the molecule is Cc1ccc(C23CN2C3)cc1. The molecule has 3 rings (SSSR count). The Balaban J connectivity index is 2.02. The molecule has 56 valence electrons. The highest BCUT2D eigenvalue weighted by atomic mass is 15.5. The molecule has 1 heteroatoms. The molecule has 0 saturated carbocycles. The van der Waals surface area contributed by atoms with Crippen LogP contribution in [-0.2, 0) is 5.54 Å². The highest BCUT2D eigenvalue weighted by Gasteiger charge is 2.68. The average molecular weight is 145 g/mol. The highest BCUT2D eigenvalue weighted by molar-refractivity contribution is 5.41. The van der Waals surface area contributed by atoms with Crippen LogP contribution in [0.25, 0.3) is 0 Å². The van der Waals surface area contributed by atoms with Gasteiger partial charge in [-0.1, -0.05) is 29.8 Å². The van der Waals surface area contributed by atoms with Crippen LogP contribution < -0.4 is 0 Å². The van der Waals surface area contributed by atoms with Gasteiger partial charge in [-0.05, 0) is 12.5 Å². The summed E-state index contributed by atoms with van der Waals surface area (Å²) < 4.78 is 0. The summed E-state index contributed by atoms with van der Waals surface area (Å²) in [5, 5.41) is 0. The number of hydrogen-bond donors (Lipinski definition) is 0. The van der Waals surface area contributed by atoms with Gasteiger partial charge in [0.25, 0.3) is 0 Å². The summed E-state index contributed by atoms with van der Waals surface area (Å²) in [6, 6.07) is 8.95. The molecule has 2 aliphatic rings. The molecule has 0 aliphatic carbocycles. The molecule has 0 N–H and O–H groups in total. The number of rotatable bonds is 1. The lowest BCUT2D eigenvalue weighted by Crippen LogP contribution is -1.99. The van der Waals surface area contributed by atoms with Crippen molar-refractivity contribution in [3.05, 3.63) is 35.4 Å². The van der Waals surface area contributed by atoms with E-state index in [1.165, 1.54) is 24.2 Å². The second-order valence-electron chi connectivity index (χ2n) is 3.75. The molecule has 0 aromatic heterocycles. The fourth-order valence-electron chi connectivity index (χ4n) is 1.74. The van der Waals surface area contributed by atoms with Crippen LogP contribution in [0.15, 0.2) is 24.3 Å². The van der Waals surface area contributed by atoms with Crippen molar-refractivity contribution in [2.45, 2.75) is 12.5 Å². The van der Waals surface area contributed by atoms with Crippen LogP contribution in [0.4, 0.5) is 0 Å². The summed E-state index contributed by atoms with van der Waals surface area (Å²) in [7, 11) is 0. The van der Waals surface area contributed by atoms with E-state index in [1.54, 1.807) is 0 Å². The van der Waals surface area contributed by atoms with Crippen molar-refractivity contribution in [2.24, 2.45) is 0 Å². The molecule has 0 atom stereocenters. The van der Waals surface area contributed by atoms with Crippen molar-refractivity contribution >= 4 is 0 Å². The zero-order valence-corrected chi connectivity index (χ0v) is 6.67. The first-order chi connectivity index (χ1) is 5.31. The molecule has 1 nitrogen and oxygen atoms in total. The normalized spacial score (nSPS) is 38.1. The molecule has 2 saturated heterocycles. The largest absolute Gasteiger partial charge is 0.287 e. The molecule has 0 amide bonds. The molecule has 11 heavy (non-hydrogen) atoms. The predicted molar refractivity (Wildman–Crippen MR) is 44.4 cm³/mol. The number of fused-ring (bicyclic) bond motifs is 1. The summed E-state index contributed by atoms with van der Waals surface area (Å²) in [4.78, 5) is 2.48. The number of hydrogen-bond acceptors (Lipinski definition) is 1. The molecule has 2 fully saturated rings. The van der Waals surface area contributed by atoms with Gasteiger partial charge in [0.2, 0.25) is 0 Å². The first-order valence-electron chi connectivity index (χ1n) is 4.13.